The zero-order valence-electron chi connectivity index (χ0n) is 9.01. The Hall–Kier alpha value is -1.20. The first-order chi connectivity index (χ1) is 8.13. The van der Waals surface area contributed by atoms with E-state index in [9.17, 15) is 13.6 Å². The summed E-state index contributed by atoms with van der Waals surface area (Å²) in [7, 11) is 0. The topological polar surface area (TPSA) is 38.3 Å². The number of ether oxygens (including phenoxy) is 1. The number of carbonyl (C=O) groups is 1. The van der Waals surface area contributed by atoms with Crippen molar-refractivity contribution in [1.82, 2.24) is 5.32 Å². The number of benzene rings is 1. The van der Waals surface area contributed by atoms with Crippen molar-refractivity contribution in [2.45, 2.75) is 0 Å². The van der Waals surface area contributed by atoms with Crippen LogP contribution in [0.1, 0.15) is 10.4 Å². The normalized spacial score (nSPS) is 10.3. The number of alkyl halides is 1. The predicted molar refractivity (Wildman–Crippen MR) is 60.2 cm³/mol. The van der Waals surface area contributed by atoms with Gasteiger partial charge in [-0.05, 0) is 12.1 Å². The second kappa shape index (κ2) is 7.19. The van der Waals surface area contributed by atoms with Crippen molar-refractivity contribution >= 4 is 17.5 Å². The van der Waals surface area contributed by atoms with Crippen LogP contribution < -0.4 is 5.32 Å². The van der Waals surface area contributed by atoms with E-state index in [0.717, 1.165) is 12.1 Å². The summed E-state index contributed by atoms with van der Waals surface area (Å²) >= 11 is 5.38. The van der Waals surface area contributed by atoms with Crippen molar-refractivity contribution in [3.8, 4) is 0 Å². The van der Waals surface area contributed by atoms with Gasteiger partial charge in [0.1, 0.15) is 11.6 Å². The van der Waals surface area contributed by atoms with Crippen LogP contribution in [0.4, 0.5) is 8.78 Å². The third-order valence-electron chi connectivity index (χ3n) is 1.88. The molecule has 3 nitrogen and oxygen atoms in total. The fourth-order valence-electron chi connectivity index (χ4n) is 1.18. The molecule has 0 atom stereocenters. The van der Waals surface area contributed by atoms with Crippen LogP contribution in [0.25, 0.3) is 0 Å². The van der Waals surface area contributed by atoms with E-state index in [4.69, 9.17) is 16.3 Å². The van der Waals surface area contributed by atoms with Crippen LogP contribution in [0.15, 0.2) is 18.2 Å². The highest BCUT2D eigenvalue weighted by Crippen LogP contribution is 2.07. The Balaban J connectivity index is 2.41. The van der Waals surface area contributed by atoms with E-state index in [2.05, 4.69) is 5.32 Å². The van der Waals surface area contributed by atoms with Crippen LogP contribution in [0.5, 0.6) is 0 Å². The van der Waals surface area contributed by atoms with Gasteiger partial charge in [-0.2, -0.15) is 0 Å². The summed E-state index contributed by atoms with van der Waals surface area (Å²) in [6.45, 7) is 0.954. The minimum Gasteiger partial charge on any atom is -0.378 e. The van der Waals surface area contributed by atoms with Gasteiger partial charge in [-0.15, -0.1) is 11.6 Å². The van der Waals surface area contributed by atoms with E-state index >= 15 is 0 Å². The van der Waals surface area contributed by atoms with E-state index < -0.39 is 17.5 Å². The highest BCUT2D eigenvalue weighted by Gasteiger charge is 2.08. The Morgan fingerprint density at radius 1 is 1.24 bits per heavy atom. The Morgan fingerprint density at radius 3 is 2.47 bits per heavy atom. The maximum absolute atomic E-state index is 12.8. The molecule has 1 amide bonds. The maximum Gasteiger partial charge on any atom is 0.251 e. The van der Waals surface area contributed by atoms with E-state index in [1.807, 2.05) is 0 Å². The minimum atomic E-state index is -0.784. The van der Waals surface area contributed by atoms with Gasteiger partial charge in [-0.1, -0.05) is 0 Å². The van der Waals surface area contributed by atoms with E-state index in [0.29, 0.717) is 25.2 Å². The van der Waals surface area contributed by atoms with Crippen LogP contribution in [0, 0.1) is 11.6 Å². The second-order valence-electron chi connectivity index (χ2n) is 3.22. The molecule has 0 aromatic heterocycles. The number of halogens is 3. The van der Waals surface area contributed by atoms with Gasteiger partial charge in [-0.3, -0.25) is 4.79 Å². The fraction of sp³-hybridized carbons (Fsp3) is 0.364. The molecular weight excluding hydrogens is 252 g/mol. The standard InChI is InChI=1S/C11H12ClF2NO2/c12-1-3-17-4-2-15-11(16)8-5-9(13)7-10(14)6-8/h5-7H,1-4H2,(H,15,16). The molecule has 1 rings (SSSR count). The predicted octanol–water partition coefficient (Wildman–Crippen LogP) is 1.95. The fourth-order valence-corrected chi connectivity index (χ4v) is 1.29. The summed E-state index contributed by atoms with van der Waals surface area (Å²) in [5, 5.41) is 2.47. The Kier molecular flexibility index (Phi) is 5.86. The Bertz CT molecular complexity index is 367. The number of hydrogen-bond acceptors (Lipinski definition) is 2. The molecule has 6 heteroatoms. The first-order valence-corrected chi connectivity index (χ1v) is 5.55. The molecule has 0 radical (unpaired) electrons. The van der Waals surface area contributed by atoms with Crippen molar-refractivity contribution in [2.75, 3.05) is 25.6 Å². The molecule has 1 aromatic carbocycles. The Labute approximate surface area is 103 Å². The summed E-state index contributed by atoms with van der Waals surface area (Å²) in [4.78, 5) is 11.5. The largest absolute Gasteiger partial charge is 0.378 e. The van der Waals surface area contributed by atoms with Gasteiger partial charge in [0.15, 0.2) is 0 Å². The average Bonchev–Trinajstić information content (AvgIpc) is 2.27. The maximum atomic E-state index is 12.8. The number of hydrogen-bond donors (Lipinski definition) is 1. The first-order valence-electron chi connectivity index (χ1n) is 5.01. The number of nitrogens with one attached hydrogen (secondary N) is 1. The van der Waals surface area contributed by atoms with Crippen molar-refractivity contribution in [3.63, 3.8) is 0 Å². The third-order valence-corrected chi connectivity index (χ3v) is 2.03. The molecule has 1 N–H and O–H groups in total. The molecule has 0 aliphatic rings. The summed E-state index contributed by atoms with van der Waals surface area (Å²) in [5.74, 6) is -1.73. The van der Waals surface area contributed by atoms with Gasteiger partial charge in [0.2, 0.25) is 0 Å². The molecule has 0 unspecified atom stereocenters. The van der Waals surface area contributed by atoms with E-state index in [1.165, 1.54) is 0 Å². The van der Waals surface area contributed by atoms with Crippen molar-refractivity contribution in [2.24, 2.45) is 0 Å². The smallest absolute Gasteiger partial charge is 0.251 e. The molecular formula is C11H12ClF2NO2. The molecule has 0 saturated heterocycles. The molecule has 0 bridgehead atoms. The zero-order chi connectivity index (χ0) is 12.7. The van der Waals surface area contributed by atoms with Gasteiger partial charge < -0.3 is 10.1 Å². The second-order valence-corrected chi connectivity index (χ2v) is 3.59. The summed E-state index contributed by atoms with van der Waals surface area (Å²) in [5.41, 5.74) is -0.0557. The third kappa shape index (κ3) is 5.10. The van der Waals surface area contributed by atoms with Gasteiger partial charge in [-0.25, -0.2) is 8.78 Å². The van der Waals surface area contributed by atoms with Crippen LogP contribution in [-0.4, -0.2) is 31.5 Å². The molecule has 94 valence electrons. The number of amides is 1. The van der Waals surface area contributed by atoms with E-state index in [1.54, 1.807) is 0 Å². The van der Waals surface area contributed by atoms with Crippen LogP contribution >= 0.6 is 11.6 Å². The lowest BCUT2D eigenvalue weighted by Crippen LogP contribution is -2.27. The minimum absolute atomic E-state index is 0.0557. The quantitative estimate of drug-likeness (QED) is 0.629. The van der Waals surface area contributed by atoms with E-state index in [-0.39, 0.29) is 12.1 Å². The Morgan fingerprint density at radius 2 is 1.88 bits per heavy atom. The molecule has 0 fully saturated rings. The highest BCUT2D eigenvalue weighted by molar-refractivity contribution is 6.17. The summed E-state index contributed by atoms with van der Waals surface area (Å²) in [6, 6.07) is 2.65. The lowest BCUT2D eigenvalue weighted by Gasteiger charge is -2.05. The lowest BCUT2D eigenvalue weighted by molar-refractivity contribution is 0.0922. The highest BCUT2D eigenvalue weighted by atomic mass is 35.5. The van der Waals surface area contributed by atoms with Crippen molar-refractivity contribution in [1.29, 1.82) is 0 Å². The van der Waals surface area contributed by atoms with Crippen molar-refractivity contribution in [3.05, 3.63) is 35.4 Å². The van der Waals surface area contributed by atoms with Gasteiger partial charge >= 0.3 is 0 Å². The SMILES string of the molecule is O=C(NCCOCCCl)c1cc(F)cc(F)c1. The van der Waals surface area contributed by atoms with Gasteiger partial charge in [0, 0.05) is 24.1 Å². The molecule has 0 aliphatic heterocycles. The number of carbonyl (C=O) groups excluding carboxylic acids is 1. The zero-order valence-corrected chi connectivity index (χ0v) is 9.77. The molecule has 0 saturated carbocycles. The molecule has 1 aromatic rings. The molecule has 17 heavy (non-hydrogen) atoms. The average molecular weight is 264 g/mol. The number of rotatable bonds is 6. The van der Waals surface area contributed by atoms with Gasteiger partial charge in [0.05, 0.1) is 13.2 Å². The monoisotopic (exact) mass is 263 g/mol. The lowest BCUT2D eigenvalue weighted by atomic mass is 10.2. The summed E-state index contributed by atoms with van der Waals surface area (Å²) < 4.78 is 30.7. The summed E-state index contributed by atoms with van der Waals surface area (Å²) in [6.07, 6.45) is 0. The molecule has 0 spiro atoms. The van der Waals surface area contributed by atoms with Crippen LogP contribution in [-0.2, 0) is 4.74 Å². The first kappa shape index (κ1) is 13.9. The van der Waals surface area contributed by atoms with Crippen LogP contribution in [0.2, 0.25) is 0 Å². The van der Waals surface area contributed by atoms with Crippen LogP contribution in [0.3, 0.4) is 0 Å². The molecule has 0 heterocycles. The van der Waals surface area contributed by atoms with Crippen molar-refractivity contribution < 1.29 is 18.3 Å². The van der Waals surface area contributed by atoms with Gasteiger partial charge in [0.25, 0.3) is 5.91 Å². The molecule has 0 aliphatic carbocycles.